The van der Waals surface area contributed by atoms with E-state index in [0.29, 0.717) is 17.5 Å². The average Bonchev–Trinajstić information content (AvgIpc) is 3.34. The van der Waals surface area contributed by atoms with E-state index >= 15 is 0 Å². The summed E-state index contributed by atoms with van der Waals surface area (Å²) in [4.78, 5) is 10.9. The molecule has 2 N–H and O–H groups in total. The SMILES string of the molecule is O=C(O)c1ccc(CNC(c2ccc(Cl)cc2)C2CC2)cc1. The summed E-state index contributed by atoms with van der Waals surface area (Å²) in [6.45, 7) is 0.726. The lowest BCUT2D eigenvalue weighted by Crippen LogP contribution is -2.22. The molecule has 1 aliphatic rings. The predicted molar refractivity (Wildman–Crippen MR) is 87.2 cm³/mol. The maximum Gasteiger partial charge on any atom is 0.335 e. The summed E-state index contributed by atoms with van der Waals surface area (Å²) in [5.41, 5.74) is 2.67. The number of halogens is 1. The third-order valence-electron chi connectivity index (χ3n) is 4.05. The van der Waals surface area contributed by atoms with Crippen molar-refractivity contribution in [2.75, 3.05) is 0 Å². The normalized spacial score (nSPS) is 15.5. The lowest BCUT2D eigenvalue weighted by atomic mass is 10.0. The van der Waals surface area contributed by atoms with Crippen LogP contribution < -0.4 is 5.32 Å². The van der Waals surface area contributed by atoms with Crippen LogP contribution in [0.15, 0.2) is 48.5 Å². The van der Waals surface area contributed by atoms with Crippen LogP contribution in [-0.2, 0) is 6.54 Å². The van der Waals surface area contributed by atoms with Gasteiger partial charge < -0.3 is 10.4 Å². The van der Waals surface area contributed by atoms with Crippen LogP contribution in [0, 0.1) is 5.92 Å². The van der Waals surface area contributed by atoms with Crippen molar-refractivity contribution >= 4 is 17.6 Å². The highest BCUT2D eigenvalue weighted by Gasteiger charge is 2.31. The summed E-state index contributed by atoms with van der Waals surface area (Å²) in [6.07, 6.45) is 2.50. The third-order valence-corrected chi connectivity index (χ3v) is 4.30. The van der Waals surface area contributed by atoms with Crippen LogP contribution in [-0.4, -0.2) is 11.1 Å². The zero-order chi connectivity index (χ0) is 15.5. The smallest absolute Gasteiger partial charge is 0.335 e. The van der Waals surface area contributed by atoms with E-state index in [2.05, 4.69) is 17.4 Å². The van der Waals surface area contributed by atoms with Crippen molar-refractivity contribution in [2.24, 2.45) is 5.92 Å². The Hall–Kier alpha value is -1.84. The van der Waals surface area contributed by atoms with Crippen molar-refractivity contribution in [1.29, 1.82) is 0 Å². The van der Waals surface area contributed by atoms with Crippen LogP contribution in [0.1, 0.15) is 40.4 Å². The van der Waals surface area contributed by atoms with Crippen molar-refractivity contribution < 1.29 is 9.90 Å². The molecule has 22 heavy (non-hydrogen) atoms. The van der Waals surface area contributed by atoms with E-state index in [1.54, 1.807) is 12.1 Å². The number of benzene rings is 2. The standard InChI is InChI=1S/C18H18ClNO2/c19-16-9-7-14(8-10-16)17(13-5-6-13)20-11-12-1-3-15(4-2-12)18(21)22/h1-4,7-10,13,17,20H,5-6,11H2,(H,21,22). The Kier molecular flexibility index (Phi) is 4.46. The van der Waals surface area contributed by atoms with Gasteiger partial charge >= 0.3 is 5.97 Å². The van der Waals surface area contributed by atoms with Crippen molar-refractivity contribution in [2.45, 2.75) is 25.4 Å². The van der Waals surface area contributed by atoms with E-state index in [9.17, 15) is 4.79 Å². The van der Waals surface area contributed by atoms with Gasteiger partial charge in [0.1, 0.15) is 0 Å². The first-order chi connectivity index (χ1) is 10.6. The van der Waals surface area contributed by atoms with Crippen LogP contribution in [0.4, 0.5) is 0 Å². The zero-order valence-electron chi connectivity index (χ0n) is 12.1. The van der Waals surface area contributed by atoms with E-state index < -0.39 is 5.97 Å². The molecule has 0 radical (unpaired) electrons. The molecule has 0 amide bonds. The minimum absolute atomic E-state index is 0.320. The molecular formula is C18H18ClNO2. The second-order valence-corrected chi connectivity index (χ2v) is 6.19. The molecule has 0 aromatic heterocycles. The molecule has 0 heterocycles. The third kappa shape index (κ3) is 3.67. The molecule has 114 valence electrons. The van der Waals surface area contributed by atoms with Gasteiger partial charge in [0, 0.05) is 17.6 Å². The summed E-state index contributed by atoms with van der Waals surface area (Å²) in [6, 6.07) is 15.4. The van der Waals surface area contributed by atoms with Gasteiger partial charge in [-0.1, -0.05) is 35.9 Å². The number of carbonyl (C=O) groups is 1. The van der Waals surface area contributed by atoms with Crippen LogP contribution >= 0.6 is 11.6 Å². The number of hydrogen-bond acceptors (Lipinski definition) is 2. The topological polar surface area (TPSA) is 49.3 Å². The zero-order valence-corrected chi connectivity index (χ0v) is 12.9. The molecular weight excluding hydrogens is 298 g/mol. The maximum atomic E-state index is 10.9. The Bertz CT molecular complexity index is 648. The van der Waals surface area contributed by atoms with Gasteiger partial charge in [0.15, 0.2) is 0 Å². The summed E-state index contributed by atoms with van der Waals surface area (Å²) in [5.74, 6) is -0.212. The minimum Gasteiger partial charge on any atom is -0.478 e. The summed E-state index contributed by atoms with van der Waals surface area (Å²) < 4.78 is 0. The molecule has 1 atom stereocenters. The summed E-state index contributed by atoms with van der Waals surface area (Å²) in [7, 11) is 0. The quantitative estimate of drug-likeness (QED) is 0.836. The highest BCUT2D eigenvalue weighted by atomic mass is 35.5. The first-order valence-electron chi connectivity index (χ1n) is 7.44. The number of nitrogens with one attached hydrogen (secondary N) is 1. The van der Waals surface area contributed by atoms with Gasteiger partial charge in [0.25, 0.3) is 0 Å². The van der Waals surface area contributed by atoms with Crippen molar-refractivity contribution in [3.8, 4) is 0 Å². The van der Waals surface area contributed by atoms with Gasteiger partial charge in [-0.15, -0.1) is 0 Å². The molecule has 2 aromatic carbocycles. The van der Waals surface area contributed by atoms with Gasteiger partial charge in [-0.25, -0.2) is 4.79 Å². The second-order valence-electron chi connectivity index (χ2n) is 5.75. The summed E-state index contributed by atoms with van der Waals surface area (Å²) >= 11 is 5.96. The maximum absolute atomic E-state index is 10.9. The Labute approximate surface area is 134 Å². The van der Waals surface area contributed by atoms with Crippen LogP contribution in [0.5, 0.6) is 0 Å². The monoisotopic (exact) mass is 315 g/mol. The first kappa shape index (κ1) is 15.1. The van der Waals surface area contributed by atoms with Gasteiger partial charge in [-0.3, -0.25) is 0 Å². The largest absolute Gasteiger partial charge is 0.478 e. The molecule has 1 fully saturated rings. The Morgan fingerprint density at radius 3 is 2.32 bits per heavy atom. The highest BCUT2D eigenvalue weighted by molar-refractivity contribution is 6.30. The second kappa shape index (κ2) is 6.51. The first-order valence-corrected chi connectivity index (χ1v) is 7.82. The Morgan fingerprint density at radius 1 is 1.14 bits per heavy atom. The number of carboxylic acids is 1. The fourth-order valence-electron chi connectivity index (χ4n) is 2.65. The molecule has 3 nitrogen and oxygen atoms in total. The lowest BCUT2D eigenvalue weighted by Gasteiger charge is -2.19. The van der Waals surface area contributed by atoms with Gasteiger partial charge in [-0.05, 0) is 54.2 Å². The van der Waals surface area contributed by atoms with Crippen molar-refractivity contribution in [3.63, 3.8) is 0 Å². The molecule has 1 saturated carbocycles. The highest BCUT2D eigenvalue weighted by Crippen LogP contribution is 2.41. The van der Waals surface area contributed by atoms with E-state index in [1.165, 1.54) is 18.4 Å². The van der Waals surface area contributed by atoms with E-state index in [0.717, 1.165) is 17.1 Å². The Balaban J connectivity index is 1.67. The molecule has 1 unspecified atom stereocenters. The lowest BCUT2D eigenvalue weighted by molar-refractivity contribution is 0.0697. The fourth-order valence-corrected chi connectivity index (χ4v) is 2.78. The number of rotatable bonds is 6. The van der Waals surface area contributed by atoms with E-state index in [1.807, 2.05) is 24.3 Å². The number of hydrogen-bond donors (Lipinski definition) is 2. The van der Waals surface area contributed by atoms with Gasteiger partial charge in [0.05, 0.1) is 5.56 Å². The average molecular weight is 316 g/mol. The van der Waals surface area contributed by atoms with Crippen molar-refractivity contribution in [1.82, 2.24) is 5.32 Å². The van der Waals surface area contributed by atoms with Gasteiger partial charge in [-0.2, -0.15) is 0 Å². The molecule has 0 spiro atoms. The van der Waals surface area contributed by atoms with Crippen molar-refractivity contribution in [3.05, 3.63) is 70.2 Å². The van der Waals surface area contributed by atoms with Gasteiger partial charge in [0.2, 0.25) is 0 Å². The molecule has 0 saturated heterocycles. The summed E-state index contributed by atoms with van der Waals surface area (Å²) in [5, 5.41) is 13.3. The molecule has 2 aromatic rings. The predicted octanol–water partition coefficient (Wildman–Crippen LogP) is 4.28. The fraction of sp³-hybridized carbons (Fsp3) is 0.278. The van der Waals surface area contributed by atoms with Crippen LogP contribution in [0.3, 0.4) is 0 Å². The van der Waals surface area contributed by atoms with Crippen LogP contribution in [0.2, 0.25) is 5.02 Å². The van der Waals surface area contributed by atoms with Crippen LogP contribution in [0.25, 0.3) is 0 Å². The van der Waals surface area contributed by atoms with E-state index in [4.69, 9.17) is 16.7 Å². The molecule has 0 bridgehead atoms. The molecule has 1 aliphatic carbocycles. The Morgan fingerprint density at radius 2 is 1.77 bits per heavy atom. The number of aromatic carboxylic acids is 1. The molecule has 3 rings (SSSR count). The molecule has 4 heteroatoms. The minimum atomic E-state index is -0.892. The number of carboxylic acid groups (broad SMARTS) is 1. The molecule has 0 aliphatic heterocycles. The van der Waals surface area contributed by atoms with E-state index in [-0.39, 0.29) is 0 Å².